The fraction of sp³-hybridized carbons (Fsp3) is 0.474. The first-order valence-electron chi connectivity index (χ1n) is 8.52. The van der Waals surface area contributed by atoms with Crippen molar-refractivity contribution in [3.05, 3.63) is 47.5 Å². The Morgan fingerprint density at radius 2 is 1.83 bits per heavy atom. The van der Waals surface area contributed by atoms with Gasteiger partial charge in [0.2, 0.25) is 17.5 Å². The molecule has 24 heavy (non-hydrogen) atoms. The van der Waals surface area contributed by atoms with E-state index >= 15 is 0 Å². The van der Waals surface area contributed by atoms with E-state index in [-0.39, 0.29) is 18.1 Å². The zero-order chi connectivity index (χ0) is 16.7. The number of benzene rings is 1. The maximum atomic E-state index is 9.45. The van der Waals surface area contributed by atoms with E-state index in [4.69, 9.17) is 9.15 Å². The summed E-state index contributed by atoms with van der Waals surface area (Å²) in [5.74, 6) is 2.03. The molecule has 1 aromatic carbocycles. The zero-order valence-electron chi connectivity index (χ0n) is 14.0. The molecule has 124 valence electrons. The average Bonchev–Trinajstić information content (AvgIpc) is 3.26. The minimum atomic E-state index is 0.117. The monoisotopic (exact) mass is 323 g/mol. The van der Waals surface area contributed by atoms with Gasteiger partial charge in [-0.05, 0) is 31.7 Å². The molecule has 0 unspecified atom stereocenters. The molecule has 0 bridgehead atoms. The Morgan fingerprint density at radius 3 is 2.50 bits per heavy atom. The van der Waals surface area contributed by atoms with Gasteiger partial charge in [-0.1, -0.05) is 30.3 Å². The highest BCUT2D eigenvalue weighted by Crippen LogP contribution is 2.54. The molecule has 5 nitrogen and oxygen atoms in total. The topological polar surface area (TPSA) is 62.3 Å². The Kier molecular flexibility index (Phi) is 3.78. The van der Waals surface area contributed by atoms with Gasteiger partial charge < -0.3 is 14.1 Å². The number of anilines is 1. The van der Waals surface area contributed by atoms with Gasteiger partial charge in [-0.2, -0.15) is 5.26 Å². The van der Waals surface area contributed by atoms with E-state index in [2.05, 4.69) is 40.2 Å². The lowest BCUT2D eigenvalue weighted by Crippen LogP contribution is -2.45. The second kappa shape index (κ2) is 5.95. The van der Waals surface area contributed by atoms with Crippen molar-refractivity contribution in [2.24, 2.45) is 0 Å². The molecule has 2 heterocycles. The molecule has 2 aromatic rings. The minimum absolute atomic E-state index is 0.117. The van der Waals surface area contributed by atoms with Crippen molar-refractivity contribution < 1.29 is 9.15 Å². The summed E-state index contributed by atoms with van der Waals surface area (Å²) >= 11 is 0. The van der Waals surface area contributed by atoms with Crippen molar-refractivity contribution in [2.75, 3.05) is 18.0 Å². The van der Waals surface area contributed by atoms with Crippen LogP contribution in [0.5, 0.6) is 0 Å². The molecule has 0 spiro atoms. The van der Waals surface area contributed by atoms with Crippen LogP contribution < -0.4 is 4.90 Å². The van der Waals surface area contributed by atoms with Crippen molar-refractivity contribution in [1.82, 2.24) is 4.98 Å². The van der Waals surface area contributed by atoms with Crippen LogP contribution in [0.2, 0.25) is 0 Å². The van der Waals surface area contributed by atoms with E-state index in [1.54, 1.807) is 0 Å². The first-order valence-corrected chi connectivity index (χ1v) is 8.52. The van der Waals surface area contributed by atoms with Crippen LogP contribution in [0, 0.1) is 11.3 Å². The van der Waals surface area contributed by atoms with E-state index < -0.39 is 0 Å². The Morgan fingerprint density at radius 1 is 1.12 bits per heavy atom. The van der Waals surface area contributed by atoms with E-state index in [0.29, 0.717) is 23.4 Å². The van der Waals surface area contributed by atoms with Crippen LogP contribution in [0.3, 0.4) is 0 Å². The Labute approximate surface area is 141 Å². The van der Waals surface area contributed by atoms with Gasteiger partial charge in [0.1, 0.15) is 6.07 Å². The van der Waals surface area contributed by atoms with Gasteiger partial charge in [0.25, 0.3) is 0 Å². The SMILES string of the molecule is C[C@@H]1CN(c2oc([C@@H]3C[C@H]3c3ccccc3)nc2C#N)C[C@H](C)O1. The Bertz CT molecular complexity index is 755. The standard InChI is InChI=1S/C19H21N3O2/c1-12-10-22(11-13(2)23-12)19-17(9-20)21-18(24-19)16-8-15(16)14-6-4-3-5-7-14/h3-7,12-13,15-16H,8,10-11H2,1-2H3/t12-,13+,15-,16+/m0/s1. The van der Waals surface area contributed by atoms with Gasteiger partial charge >= 0.3 is 0 Å². The summed E-state index contributed by atoms with van der Waals surface area (Å²) in [4.78, 5) is 6.57. The van der Waals surface area contributed by atoms with Gasteiger partial charge in [0.05, 0.1) is 12.2 Å². The number of aromatic nitrogens is 1. The number of hydrogen-bond acceptors (Lipinski definition) is 5. The minimum Gasteiger partial charge on any atom is -0.423 e. The number of hydrogen-bond donors (Lipinski definition) is 0. The molecule has 1 aliphatic carbocycles. The van der Waals surface area contributed by atoms with E-state index in [9.17, 15) is 5.26 Å². The zero-order valence-corrected chi connectivity index (χ0v) is 14.0. The van der Waals surface area contributed by atoms with E-state index in [1.807, 2.05) is 19.9 Å². The Balaban J connectivity index is 1.57. The second-order valence-electron chi connectivity index (χ2n) is 6.84. The molecule has 4 atom stereocenters. The first kappa shape index (κ1) is 15.2. The summed E-state index contributed by atoms with van der Waals surface area (Å²) in [7, 11) is 0. The molecule has 1 aromatic heterocycles. The van der Waals surface area contributed by atoms with Crippen molar-refractivity contribution in [3.8, 4) is 6.07 Å². The Hall–Kier alpha value is -2.32. The van der Waals surface area contributed by atoms with Crippen LogP contribution in [0.25, 0.3) is 0 Å². The lowest BCUT2D eigenvalue weighted by atomic mass is 10.1. The summed E-state index contributed by atoms with van der Waals surface area (Å²) in [6.45, 7) is 5.53. The number of nitrogens with zero attached hydrogens (tertiary/aromatic N) is 3. The number of nitriles is 1. The normalized spacial score (nSPS) is 29.3. The molecule has 0 radical (unpaired) electrons. The smallest absolute Gasteiger partial charge is 0.234 e. The highest BCUT2D eigenvalue weighted by atomic mass is 16.5. The molecular weight excluding hydrogens is 302 g/mol. The third kappa shape index (κ3) is 2.78. The van der Waals surface area contributed by atoms with Crippen LogP contribution in [-0.4, -0.2) is 30.3 Å². The molecule has 4 rings (SSSR count). The van der Waals surface area contributed by atoms with Crippen molar-refractivity contribution in [2.45, 2.75) is 44.3 Å². The molecule has 5 heteroatoms. The lowest BCUT2D eigenvalue weighted by molar-refractivity contribution is -0.00647. The van der Waals surface area contributed by atoms with Crippen LogP contribution >= 0.6 is 0 Å². The fourth-order valence-electron chi connectivity index (χ4n) is 3.65. The van der Waals surface area contributed by atoms with E-state index in [0.717, 1.165) is 19.5 Å². The molecule has 2 fully saturated rings. The summed E-state index contributed by atoms with van der Waals surface area (Å²) < 4.78 is 11.8. The molecule has 1 aliphatic heterocycles. The largest absolute Gasteiger partial charge is 0.423 e. The molecule has 1 saturated carbocycles. The number of ether oxygens (including phenoxy) is 1. The summed E-state index contributed by atoms with van der Waals surface area (Å²) in [5.41, 5.74) is 1.71. The summed E-state index contributed by atoms with van der Waals surface area (Å²) in [6.07, 6.45) is 1.27. The van der Waals surface area contributed by atoms with Crippen LogP contribution in [0.1, 0.15) is 49.3 Å². The number of morpholine rings is 1. The average molecular weight is 323 g/mol. The predicted octanol–water partition coefficient (Wildman–Crippen LogP) is 3.43. The quantitative estimate of drug-likeness (QED) is 0.866. The summed E-state index contributed by atoms with van der Waals surface area (Å²) in [5, 5.41) is 9.45. The highest BCUT2D eigenvalue weighted by molar-refractivity contribution is 5.49. The predicted molar refractivity (Wildman–Crippen MR) is 90.0 cm³/mol. The van der Waals surface area contributed by atoms with Gasteiger partial charge in [-0.15, -0.1) is 0 Å². The molecule has 0 N–H and O–H groups in total. The van der Waals surface area contributed by atoms with Gasteiger partial charge in [0, 0.05) is 19.0 Å². The maximum absolute atomic E-state index is 9.45. The third-order valence-electron chi connectivity index (χ3n) is 4.77. The summed E-state index contributed by atoms with van der Waals surface area (Å²) in [6, 6.07) is 12.6. The van der Waals surface area contributed by atoms with Crippen LogP contribution in [0.15, 0.2) is 34.7 Å². The molecular formula is C19H21N3O2. The molecule has 2 aliphatic rings. The fourth-order valence-corrected chi connectivity index (χ4v) is 3.65. The van der Waals surface area contributed by atoms with Gasteiger partial charge in [-0.25, -0.2) is 4.98 Å². The maximum Gasteiger partial charge on any atom is 0.234 e. The third-order valence-corrected chi connectivity index (χ3v) is 4.77. The van der Waals surface area contributed by atoms with Crippen molar-refractivity contribution in [3.63, 3.8) is 0 Å². The second-order valence-corrected chi connectivity index (χ2v) is 6.84. The van der Waals surface area contributed by atoms with Gasteiger partial charge in [0.15, 0.2) is 0 Å². The molecule has 0 amide bonds. The van der Waals surface area contributed by atoms with E-state index in [1.165, 1.54) is 5.56 Å². The highest BCUT2D eigenvalue weighted by Gasteiger charge is 2.44. The lowest BCUT2D eigenvalue weighted by Gasteiger charge is -2.34. The number of rotatable bonds is 3. The van der Waals surface area contributed by atoms with Crippen LogP contribution in [-0.2, 0) is 4.74 Å². The van der Waals surface area contributed by atoms with Crippen LogP contribution in [0.4, 0.5) is 5.88 Å². The van der Waals surface area contributed by atoms with Gasteiger partial charge in [-0.3, -0.25) is 0 Å². The van der Waals surface area contributed by atoms with Crippen molar-refractivity contribution >= 4 is 5.88 Å². The first-order chi connectivity index (χ1) is 11.7. The number of oxazole rings is 1. The molecule has 1 saturated heterocycles. The van der Waals surface area contributed by atoms with Crippen molar-refractivity contribution in [1.29, 1.82) is 5.26 Å².